The number of rotatable bonds is 0. The van der Waals surface area contributed by atoms with Gasteiger partial charge in [-0.3, -0.25) is 0 Å². The van der Waals surface area contributed by atoms with Crippen molar-refractivity contribution >= 4 is 5.69 Å². The fourth-order valence-electron chi connectivity index (χ4n) is 2.20. The van der Waals surface area contributed by atoms with E-state index in [0.29, 0.717) is 0 Å². The van der Waals surface area contributed by atoms with Crippen molar-refractivity contribution in [1.29, 1.82) is 0 Å². The highest BCUT2D eigenvalue weighted by molar-refractivity contribution is 5.60. The number of nitrogens with two attached hydrogens (primary N) is 1. The van der Waals surface area contributed by atoms with Crippen molar-refractivity contribution in [3.8, 4) is 0 Å². The molecule has 1 heteroatoms. The van der Waals surface area contributed by atoms with Gasteiger partial charge in [-0.05, 0) is 61.8 Å². The monoisotopic (exact) mass is 175 g/mol. The molecule has 1 nitrogen and oxygen atoms in total. The molecule has 0 aromatic heterocycles. The minimum absolute atomic E-state index is 1.05. The Kier molecular flexibility index (Phi) is 2.03. The molecule has 70 valence electrons. The van der Waals surface area contributed by atoms with Gasteiger partial charge in [-0.1, -0.05) is 6.07 Å². The molecule has 0 spiro atoms. The Hall–Kier alpha value is -0.980. The van der Waals surface area contributed by atoms with Crippen LogP contribution in [0, 0.1) is 13.8 Å². The summed E-state index contributed by atoms with van der Waals surface area (Å²) in [5, 5.41) is 0. The second-order valence-corrected chi connectivity index (χ2v) is 4.08. The van der Waals surface area contributed by atoms with E-state index in [0.717, 1.165) is 5.69 Å². The largest absolute Gasteiger partial charge is 0.398 e. The summed E-state index contributed by atoms with van der Waals surface area (Å²) in [7, 11) is 0. The first-order valence-corrected chi connectivity index (χ1v) is 5.07. The third-order valence-corrected chi connectivity index (χ3v) is 3.22. The summed E-state index contributed by atoms with van der Waals surface area (Å²) in [6.07, 6.45) is 5.04. The third kappa shape index (κ3) is 1.32. The van der Waals surface area contributed by atoms with Gasteiger partial charge in [-0.15, -0.1) is 0 Å². The number of aryl methyl sites for hydroxylation is 2. The number of nitrogen functional groups attached to an aromatic ring is 1. The molecule has 2 N–H and O–H groups in total. The second kappa shape index (κ2) is 3.06. The molecule has 0 heterocycles. The lowest BCUT2D eigenvalue weighted by molar-refractivity contribution is 0.686. The Morgan fingerprint density at radius 2 is 1.85 bits per heavy atom. The van der Waals surface area contributed by atoms with Crippen molar-refractivity contribution < 1.29 is 0 Å². The van der Waals surface area contributed by atoms with Crippen molar-refractivity contribution in [2.45, 2.75) is 39.5 Å². The maximum Gasteiger partial charge on any atom is 0.0381 e. The molecule has 1 aromatic carbocycles. The average Bonchev–Trinajstić information content (AvgIpc) is 2.15. The minimum atomic E-state index is 1.05. The van der Waals surface area contributed by atoms with Crippen LogP contribution in [0.5, 0.6) is 0 Å². The van der Waals surface area contributed by atoms with E-state index >= 15 is 0 Å². The summed E-state index contributed by atoms with van der Waals surface area (Å²) in [5.41, 5.74) is 12.7. The topological polar surface area (TPSA) is 26.0 Å². The molecule has 0 saturated carbocycles. The van der Waals surface area contributed by atoms with E-state index in [1.165, 1.54) is 47.9 Å². The zero-order valence-corrected chi connectivity index (χ0v) is 8.48. The second-order valence-electron chi connectivity index (χ2n) is 4.08. The highest BCUT2D eigenvalue weighted by Gasteiger charge is 2.14. The standard InChI is InChI=1S/C12H17N/c1-8-7-10-5-3-4-6-11(10)12(13)9(8)2/h7H,3-6,13H2,1-2H3. The number of fused-ring (bicyclic) bond motifs is 1. The van der Waals surface area contributed by atoms with E-state index in [2.05, 4.69) is 19.9 Å². The maximum absolute atomic E-state index is 6.10. The van der Waals surface area contributed by atoms with E-state index in [1.54, 1.807) is 0 Å². The first kappa shape index (κ1) is 8.61. The summed E-state index contributed by atoms with van der Waals surface area (Å²) in [6, 6.07) is 2.32. The van der Waals surface area contributed by atoms with Gasteiger partial charge >= 0.3 is 0 Å². The maximum atomic E-state index is 6.10. The number of anilines is 1. The molecule has 0 saturated heterocycles. The number of hydrogen-bond donors (Lipinski definition) is 1. The smallest absolute Gasteiger partial charge is 0.0381 e. The highest BCUT2D eigenvalue weighted by Crippen LogP contribution is 2.30. The quantitative estimate of drug-likeness (QED) is 0.603. The van der Waals surface area contributed by atoms with Crippen LogP contribution in [-0.2, 0) is 12.8 Å². The molecule has 13 heavy (non-hydrogen) atoms. The van der Waals surface area contributed by atoms with Gasteiger partial charge in [0, 0.05) is 5.69 Å². The Morgan fingerprint density at radius 3 is 2.62 bits per heavy atom. The van der Waals surface area contributed by atoms with Crippen LogP contribution < -0.4 is 5.73 Å². The van der Waals surface area contributed by atoms with Gasteiger partial charge in [0.2, 0.25) is 0 Å². The van der Waals surface area contributed by atoms with Gasteiger partial charge in [-0.2, -0.15) is 0 Å². The molecule has 1 aliphatic rings. The van der Waals surface area contributed by atoms with Crippen LogP contribution in [-0.4, -0.2) is 0 Å². The summed E-state index contributed by atoms with van der Waals surface area (Å²) in [4.78, 5) is 0. The molecule has 0 atom stereocenters. The van der Waals surface area contributed by atoms with Crippen molar-refractivity contribution in [2.75, 3.05) is 5.73 Å². The fraction of sp³-hybridized carbons (Fsp3) is 0.500. The molecule has 2 rings (SSSR count). The molecular weight excluding hydrogens is 158 g/mol. The molecule has 0 unspecified atom stereocenters. The Labute approximate surface area is 80.0 Å². The third-order valence-electron chi connectivity index (χ3n) is 3.22. The SMILES string of the molecule is Cc1cc2c(c(N)c1C)CCCC2. The molecule has 1 aromatic rings. The zero-order chi connectivity index (χ0) is 9.42. The first-order valence-electron chi connectivity index (χ1n) is 5.07. The van der Waals surface area contributed by atoms with Crippen LogP contribution >= 0.6 is 0 Å². The van der Waals surface area contributed by atoms with Crippen LogP contribution in [0.4, 0.5) is 5.69 Å². The van der Waals surface area contributed by atoms with Crippen molar-refractivity contribution in [3.63, 3.8) is 0 Å². The normalized spacial score (nSPS) is 15.5. The Bertz CT molecular complexity index is 339. The van der Waals surface area contributed by atoms with Gasteiger partial charge in [0.25, 0.3) is 0 Å². The molecule has 0 fully saturated rings. The lowest BCUT2D eigenvalue weighted by Gasteiger charge is -2.20. The Balaban J connectivity index is 2.60. The van der Waals surface area contributed by atoms with Crippen LogP contribution in [0.25, 0.3) is 0 Å². The van der Waals surface area contributed by atoms with Crippen LogP contribution in [0.3, 0.4) is 0 Å². The number of hydrogen-bond acceptors (Lipinski definition) is 1. The van der Waals surface area contributed by atoms with E-state index in [1.807, 2.05) is 0 Å². The van der Waals surface area contributed by atoms with Gasteiger partial charge < -0.3 is 5.73 Å². The zero-order valence-electron chi connectivity index (χ0n) is 8.48. The first-order chi connectivity index (χ1) is 6.20. The summed E-state index contributed by atoms with van der Waals surface area (Å²) in [6.45, 7) is 4.28. The molecular formula is C12H17N. The average molecular weight is 175 g/mol. The predicted octanol–water partition coefficient (Wildman–Crippen LogP) is 2.76. The van der Waals surface area contributed by atoms with Gasteiger partial charge in [0.05, 0.1) is 0 Å². The molecule has 1 aliphatic carbocycles. The fourth-order valence-corrected chi connectivity index (χ4v) is 2.20. The highest BCUT2D eigenvalue weighted by atomic mass is 14.6. The van der Waals surface area contributed by atoms with Crippen molar-refractivity contribution in [3.05, 3.63) is 28.3 Å². The van der Waals surface area contributed by atoms with Gasteiger partial charge in [0.1, 0.15) is 0 Å². The Morgan fingerprint density at radius 1 is 1.15 bits per heavy atom. The molecule has 0 bridgehead atoms. The van der Waals surface area contributed by atoms with Crippen molar-refractivity contribution in [2.24, 2.45) is 0 Å². The summed E-state index contributed by atoms with van der Waals surface area (Å²) in [5.74, 6) is 0. The van der Waals surface area contributed by atoms with E-state index in [4.69, 9.17) is 5.73 Å². The molecule has 0 amide bonds. The van der Waals surface area contributed by atoms with Crippen LogP contribution in [0.2, 0.25) is 0 Å². The predicted molar refractivity (Wildman–Crippen MR) is 57.0 cm³/mol. The van der Waals surface area contributed by atoms with E-state index in [-0.39, 0.29) is 0 Å². The lowest BCUT2D eigenvalue weighted by atomic mass is 9.87. The lowest BCUT2D eigenvalue weighted by Crippen LogP contribution is -2.08. The molecule has 0 radical (unpaired) electrons. The van der Waals surface area contributed by atoms with Gasteiger partial charge in [-0.25, -0.2) is 0 Å². The summed E-state index contributed by atoms with van der Waals surface area (Å²) >= 11 is 0. The summed E-state index contributed by atoms with van der Waals surface area (Å²) < 4.78 is 0. The van der Waals surface area contributed by atoms with Crippen molar-refractivity contribution in [1.82, 2.24) is 0 Å². The van der Waals surface area contributed by atoms with Crippen LogP contribution in [0.15, 0.2) is 6.07 Å². The number of benzene rings is 1. The van der Waals surface area contributed by atoms with E-state index in [9.17, 15) is 0 Å². The molecule has 0 aliphatic heterocycles. The van der Waals surface area contributed by atoms with Gasteiger partial charge in [0.15, 0.2) is 0 Å². The van der Waals surface area contributed by atoms with Crippen LogP contribution in [0.1, 0.15) is 35.1 Å². The minimum Gasteiger partial charge on any atom is -0.398 e. The van der Waals surface area contributed by atoms with E-state index < -0.39 is 0 Å².